The van der Waals surface area contributed by atoms with E-state index in [1.807, 2.05) is 66.7 Å². The largest absolute Gasteiger partial charge is 0.367 e. The molecular weight excluding hydrogens is 358 g/mol. The highest BCUT2D eigenvalue weighted by Crippen LogP contribution is 2.21. The number of benzene rings is 3. The molecule has 144 valence electrons. The number of rotatable bonds is 7. The maximum Gasteiger partial charge on any atom is 0.226 e. The maximum atomic E-state index is 12.7. The summed E-state index contributed by atoms with van der Waals surface area (Å²) in [5.74, 6) is -0.0165. The number of anilines is 2. The molecule has 0 bridgehead atoms. The van der Waals surface area contributed by atoms with E-state index in [-0.39, 0.29) is 5.91 Å². The summed E-state index contributed by atoms with van der Waals surface area (Å²) in [6.07, 6.45) is 2.14. The van der Waals surface area contributed by atoms with Crippen LogP contribution in [0.5, 0.6) is 0 Å². The van der Waals surface area contributed by atoms with Gasteiger partial charge in [-0.25, -0.2) is 0 Å². The Kier molecular flexibility index (Phi) is 5.81. The van der Waals surface area contributed by atoms with Crippen molar-refractivity contribution in [3.05, 3.63) is 103 Å². The average molecular weight is 381 g/mol. The predicted molar refractivity (Wildman–Crippen MR) is 119 cm³/mol. The zero-order valence-electron chi connectivity index (χ0n) is 16.2. The van der Waals surface area contributed by atoms with E-state index < -0.39 is 0 Å². The molecule has 0 fully saturated rings. The van der Waals surface area contributed by atoms with Gasteiger partial charge in [-0.1, -0.05) is 66.7 Å². The fraction of sp³-hybridized carbons (Fsp3) is 0.120. The van der Waals surface area contributed by atoms with Gasteiger partial charge in [-0.3, -0.25) is 9.78 Å². The molecule has 3 aromatic carbocycles. The first-order chi connectivity index (χ1) is 14.3. The van der Waals surface area contributed by atoms with Crippen LogP contribution in [-0.4, -0.2) is 17.4 Å². The molecule has 0 saturated heterocycles. The van der Waals surface area contributed by atoms with Crippen LogP contribution >= 0.6 is 0 Å². The van der Waals surface area contributed by atoms with Crippen molar-refractivity contribution in [1.29, 1.82) is 0 Å². The average Bonchev–Trinajstić information content (AvgIpc) is 2.78. The molecule has 4 aromatic rings. The monoisotopic (exact) mass is 381 g/mol. The van der Waals surface area contributed by atoms with Crippen LogP contribution in [0.15, 0.2) is 97.2 Å². The van der Waals surface area contributed by atoms with Crippen LogP contribution in [0.25, 0.3) is 10.9 Å². The SMILES string of the molecule is O=C(CCN(Cc1ccccc1)c1ccccc1)Nc1cccc2cccnc12. The number of hydrogen-bond donors (Lipinski definition) is 1. The number of aromatic nitrogens is 1. The second-order valence-corrected chi connectivity index (χ2v) is 6.92. The van der Waals surface area contributed by atoms with Crippen molar-refractivity contribution >= 4 is 28.2 Å². The molecule has 1 heterocycles. The van der Waals surface area contributed by atoms with E-state index in [9.17, 15) is 4.79 Å². The van der Waals surface area contributed by atoms with E-state index in [0.29, 0.717) is 13.0 Å². The first kappa shape index (κ1) is 18.7. The number of nitrogens with zero attached hydrogens (tertiary/aromatic N) is 2. The molecular formula is C25H23N3O. The third-order valence-corrected chi connectivity index (χ3v) is 4.85. The van der Waals surface area contributed by atoms with Crippen molar-refractivity contribution in [3.63, 3.8) is 0 Å². The van der Waals surface area contributed by atoms with E-state index in [1.165, 1.54) is 5.56 Å². The number of hydrogen-bond acceptors (Lipinski definition) is 3. The highest BCUT2D eigenvalue weighted by Gasteiger charge is 2.11. The lowest BCUT2D eigenvalue weighted by molar-refractivity contribution is -0.116. The highest BCUT2D eigenvalue weighted by molar-refractivity contribution is 6.00. The van der Waals surface area contributed by atoms with Gasteiger partial charge in [-0.15, -0.1) is 0 Å². The molecule has 4 nitrogen and oxygen atoms in total. The van der Waals surface area contributed by atoms with E-state index in [0.717, 1.165) is 28.8 Å². The number of fused-ring (bicyclic) bond motifs is 1. The lowest BCUT2D eigenvalue weighted by atomic mass is 10.1. The molecule has 1 aromatic heterocycles. The van der Waals surface area contributed by atoms with Crippen molar-refractivity contribution in [2.45, 2.75) is 13.0 Å². The van der Waals surface area contributed by atoms with Gasteiger partial charge in [0.25, 0.3) is 0 Å². The summed E-state index contributed by atoms with van der Waals surface area (Å²) >= 11 is 0. The summed E-state index contributed by atoms with van der Waals surface area (Å²) < 4.78 is 0. The fourth-order valence-corrected chi connectivity index (χ4v) is 3.40. The maximum absolute atomic E-state index is 12.7. The van der Waals surface area contributed by atoms with Crippen molar-refractivity contribution in [3.8, 4) is 0 Å². The fourth-order valence-electron chi connectivity index (χ4n) is 3.40. The Bertz CT molecular complexity index is 1080. The molecule has 0 unspecified atom stereocenters. The number of amides is 1. The molecule has 4 heteroatoms. The van der Waals surface area contributed by atoms with Gasteiger partial charge >= 0.3 is 0 Å². The minimum Gasteiger partial charge on any atom is -0.367 e. The van der Waals surface area contributed by atoms with Gasteiger partial charge in [0.05, 0.1) is 11.2 Å². The van der Waals surface area contributed by atoms with Crippen molar-refractivity contribution < 1.29 is 4.79 Å². The van der Waals surface area contributed by atoms with Gasteiger partial charge in [-0.05, 0) is 29.8 Å². The van der Waals surface area contributed by atoms with E-state index in [4.69, 9.17) is 0 Å². The van der Waals surface area contributed by atoms with Crippen LogP contribution in [-0.2, 0) is 11.3 Å². The molecule has 29 heavy (non-hydrogen) atoms. The molecule has 0 atom stereocenters. The first-order valence-electron chi connectivity index (χ1n) is 9.77. The first-order valence-corrected chi connectivity index (χ1v) is 9.77. The van der Waals surface area contributed by atoms with Crippen LogP contribution in [0.2, 0.25) is 0 Å². The third-order valence-electron chi connectivity index (χ3n) is 4.85. The zero-order valence-corrected chi connectivity index (χ0v) is 16.2. The van der Waals surface area contributed by atoms with Gasteiger partial charge in [0.2, 0.25) is 5.91 Å². The van der Waals surface area contributed by atoms with Crippen molar-refractivity contribution in [2.75, 3.05) is 16.8 Å². The lowest BCUT2D eigenvalue weighted by Crippen LogP contribution is -2.27. The molecule has 0 aliphatic carbocycles. The quantitative estimate of drug-likeness (QED) is 0.474. The summed E-state index contributed by atoms with van der Waals surface area (Å²) in [6, 6.07) is 30.2. The third kappa shape index (κ3) is 4.79. The Balaban J connectivity index is 1.46. The Hall–Kier alpha value is -3.66. The summed E-state index contributed by atoms with van der Waals surface area (Å²) in [5.41, 5.74) is 3.89. The molecule has 0 aliphatic heterocycles. The molecule has 1 N–H and O–H groups in total. The predicted octanol–water partition coefficient (Wildman–Crippen LogP) is 5.27. The Morgan fingerprint density at radius 3 is 2.34 bits per heavy atom. The van der Waals surface area contributed by atoms with Crippen LogP contribution in [0.4, 0.5) is 11.4 Å². The van der Waals surface area contributed by atoms with Gasteiger partial charge in [0.1, 0.15) is 0 Å². The number of carbonyl (C=O) groups is 1. The summed E-state index contributed by atoms with van der Waals surface area (Å²) in [6.45, 7) is 1.39. The highest BCUT2D eigenvalue weighted by atomic mass is 16.1. The van der Waals surface area contributed by atoms with Gasteiger partial charge < -0.3 is 10.2 Å². The second-order valence-electron chi connectivity index (χ2n) is 6.92. The number of pyridine rings is 1. The van der Waals surface area contributed by atoms with Gasteiger partial charge in [0.15, 0.2) is 0 Å². The van der Waals surface area contributed by atoms with Gasteiger partial charge in [-0.2, -0.15) is 0 Å². The molecule has 0 aliphatic rings. The Morgan fingerprint density at radius 1 is 0.828 bits per heavy atom. The molecule has 4 rings (SSSR count). The number of para-hydroxylation sites is 2. The Labute approximate surface area is 170 Å². The standard InChI is InChI=1S/C25H23N3O/c29-24(27-23-15-7-11-21-12-8-17-26-25(21)23)16-18-28(22-13-5-2-6-14-22)19-20-9-3-1-4-10-20/h1-15,17H,16,18-19H2,(H,27,29). The summed E-state index contributed by atoms with van der Waals surface area (Å²) in [4.78, 5) is 19.3. The summed E-state index contributed by atoms with van der Waals surface area (Å²) in [7, 11) is 0. The normalized spacial score (nSPS) is 10.6. The molecule has 0 radical (unpaired) electrons. The number of carbonyl (C=O) groups excluding carboxylic acids is 1. The van der Waals surface area contributed by atoms with Crippen LogP contribution < -0.4 is 10.2 Å². The van der Waals surface area contributed by atoms with E-state index in [2.05, 4.69) is 39.5 Å². The summed E-state index contributed by atoms with van der Waals surface area (Å²) in [5, 5.41) is 4.04. The second kappa shape index (κ2) is 9.02. The van der Waals surface area contributed by atoms with Crippen LogP contribution in [0, 0.1) is 0 Å². The smallest absolute Gasteiger partial charge is 0.226 e. The molecule has 1 amide bonds. The topological polar surface area (TPSA) is 45.2 Å². The number of nitrogens with one attached hydrogen (secondary N) is 1. The van der Waals surface area contributed by atoms with Crippen LogP contribution in [0.3, 0.4) is 0 Å². The molecule has 0 spiro atoms. The lowest BCUT2D eigenvalue weighted by Gasteiger charge is -2.25. The minimum atomic E-state index is -0.0165. The zero-order chi connectivity index (χ0) is 19.9. The minimum absolute atomic E-state index is 0.0165. The van der Waals surface area contributed by atoms with E-state index >= 15 is 0 Å². The van der Waals surface area contributed by atoms with E-state index in [1.54, 1.807) is 6.20 Å². The van der Waals surface area contributed by atoms with Gasteiger partial charge in [0, 0.05) is 36.8 Å². The van der Waals surface area contributed by atoms with Crippen molar-refractivity contribution in [1.82, 2.24) is 4.98 Å². The Morgan fingerprint density at radius 2 is 1.55 bits per heavy atom. The molecule has 0 saturated carbocycles. The van der Waals surface area contributed by atoms with Crippen LogP contribution in [0.1, 0.15) is 12.0 Å². The van der Waals surface area contributed by atoms with Crippen molar-refractivity contribution in [2.24, 2.45) is 0 Å².